The fourth-order valence-corrected chi connectivity index (χ4v) is 3.11. The predicted molar refractivity (Wildman–Crippen MR) is 76.8 cm³/mol. The molecule has 1 aliphatic heterocycles. The minimum Gasteiger partial charge on any atom is -0.328 e. The van der Waals surface area contributed by atoms with Crippen LogP contribution in [0.3, 0.4) is 0 Å². The van der Waals surface area contributed by atoms with Crippen molar-refractivity contribution in [3.8, 4) is 0 Å². The fourth-order valence-electron chi connectivity index (χ4n) is 2.49. The number of halogens is 2. The molecule has 2 atom stereocenters. The molecule has 0 aromatic heterocycles. The van der Waals surface area contributed by atoms with E-state index in [1.807, 2.05) is 12.1 Å². The van der Waals surface area contributed by atoms with Crippen molar-refractivity contribution >= 4 is 22.6 Å². The van der Waals surface area contributed by atoms with Crippen LogP contribution >= 0.6 is 22.6 Å². The number of rotatable bonds is 3. The van der Waals surface area contributed by atoms with Crippen LogP contribution in [0.5, 0.6) is 0 Å². The van der Waals surface area contributed by atoms with E-state index >= 15 is 0 Å². The van der Waals surface area contributed by atoms with Crippen molar-refractivity contribution in [1.82, 2.24) is 4.90 Å². The molecule has 0 amide bonds. The lowest BCUT2D eigenvalue weighted by atomic mass is 9.92. The lowest BCUT2D eigenvalue weighted by Gasteiger charge is -2.38. The number of hydrogen-bond donors (Lipinski definition) is 1. The van der Waals surface area contributed by atoms with Gasteiger partial charge in [-0.05, 0) is 18.9 Å². The van der Waals surface area contributed by atoms with Crippen molar-refractivity contribution in [3.05, 3.63) is 35.6 Å². The van der Waals surface area contributed by atoms with E-state index in [0.717, 1.165) is 35.9 Å². The average Bonchev–Trinajstić information content (AvgIpc) is 2.32. The quantitative estimate of drug-likeness (QED) is 0.672. The Bertz CT molecular complexity index is 372. The Balaban J connectivity index is 2.22. The first kappa shape index (κ1) is 13.2. The summed E-state index contributed by atoms with van der Waals surface area (Å²) in [6, 6.07) is 7.42. The van der Waals surface area contributed by atoms with Gasteiger partial charge in [-0.1, -0.05) is 40.8 Å². The summed E-state index contributed by atoms with van der Waals surface area (Å²) in [6.45, 7) is 1.98. The molecular formula is C13H18FIN2. The highest BCUT2D eigenvalue weighted by molar-refractivity contribution is 14.1. The van der Waals surface area contributed by atoms with E-state index in [4.69, 9.17) is 5.73 Å². The molecule has 1 aromatic rings. The summed E-state index contributed by atoms with van der Waals surface area (Å²) in [6.07, 6.45) is 1.87. The monoisotopic (exact) mass is 348 g/mol. The summed E-state index contributed by atoms with van der Waals surface area (Å²) in [5.74, 6) is -0.106. The second kappa shape index (κ2) is 6.11. The van der Waals surface area contributed by atoms with Crippen LogP contribution in [0.15, 0.2) is 24.3 Å². The second-order valence-corrected chi connectivity index (χ2v) is 5.63. The molecule has 0 spiro atoms. The Hall–Kier alpha value is -0.200. The van der Waals surface area contributed by atoms with Crippen molar-refractivity contribution < 1.29 is 4.39 Å². The third-order valence-corrected chi connectivity index (χ3v) is 3.87. The maximum Gasteiger partial charge on any atom is 0.127 e. The smallest absolute Gasteiger partial charge is 0.127 e. The molecule has 4 heteroatoms. The van der Waals surface area contributed by atoms with Crippen molar-refractivity contribution in [2.45, 2.75) is 24.9 Å². The molecule has 94 valence electrons. The maximum atomic E-state index is 13.8. The lowest BCUT2D eigenvalue weighted by Crippen LogP contribution is -2.43. The van der Waals surface area contributed by atoms with Gasteiger partial charge in [-0.25, -0.2) is 4.39 Å². The number of nitrogens with two attached hydrogens (primary N) is 1. The third-order valence-electron chi connectivity index (χ3n) is 3.39. The molecule has 0 unspecified atom stereocenters. The summed E-state index contributed by atoms with van der Waals surface area (Å²) < 4.78 is 14.9. The zero-order valence-electron chi connectivity index (χ0n) is 9.78. The molecule has 2 rings (SSSR count). The van der Waals surface area contributed by atoms with Gasteiger partial charge in [0.05, 0.1) is 0 Å². The third kappa shape index (κ3) is 3.17. The largest absolute Gasteiger partial charge is 0.328 e. The first-order valence-electron chi connectivity index (χ1n) is 6.02. The van der Waals surface area contributed by atoms with Crippen molar-refractivity contribution in [3.63, 3.8) is 0 Å². The number of likely N-dealkylation sites (tertiary alicyclic amines) is 1. The van der Waals surface area contributed by atoms with Gasteiger partial charge in [-0.2, -0.15) is 0 Å². The lowest BCUT2D eigenvalue weighted by molar-refractivity contribution is 0.143. The first-order valence-corrected chi connectivity index (χ1v) is 7.55. The van der Waals surface area contributed by atoms with E-state index < -0.39 is 0 Å². The van der Waals surface area contributed by atoms with Crippen LogP contribution in [0.25, 0.3) is 0 Å². The van der Waals surface area contributed by atoms with Crippen LogP contribution in [-0.4, -0.2) is 28.5 Å². The Morgan fingerprint density at radius 2 is 2.18 bits per heavy atom. The molecule has 1 saturated heterocycles. The molecular weight excluding hydrogens is 330 g/mol. The van der Waals surface area contributed by atoms with E-state index in [0.29, 0.717) is 0 Å². The van der Waals surface area contributed by atoms with Gasteiger partial charge in [-0.15, -0.1) is 0 Å². The van der Waals surface area contributed by atoms with Crippen LogP contribution in [0.1, 0.15) is 24.4 Å². The summed E-state index contributed by atoms with van der Waals surface area (Å²) in [7, 11) is 0. The molecule has 1 fully saturated rings. The average molecular weight is 348 g/mol. The molecule has 1 heterocycles. The normalized spacial score (nSPS) is 26.1. The summed E-state index contributed by atoms with van der Waals surface area (Å²) in [5, 5.41) is 0. The summed E-state index contributed by atoms with van der Waals surface area (Å²) in [4.78, 5) is 2.36. The van der Waals surface area contributed by atoms with Gasteiger partial charge in [0, 0.05) is 35.2 Å². The van der Waals surface area contributed by atoms with Crippen LogP contribution in [0.2, 0.25) is 0 Å². The zero-order valence-corrected chi connectivity index (χ0v) is 11.9. The summed E-state index contributed by atoms with van der Waals surface area (Å²) in [5.41, 5.74) is 6.82. The van der Waals surface area contributed by atoms with E-state index in [1.54, 1.807) is 6.07 Å². The van der Waals surface area contributed by atoms with E-state index in [9.17, 15) is 4.39 Å². The Morgan fingerprint density at radius 1 is 1.41 bits per heavy atom. The molecule has 0 bridgehead atoms. The molecule has 0 radical (unpaired) electrons. The van der Waals surface area contributed by atoms with Gasteiger partial charge in [0.1, 0.15) is 5.82 Å². The fraction of sp³-hybridized carbons (Fsp3) is 0.538. The van der Waals surface area contributed by atoms with Crippen LogP contribution in [0.4, 0.5) is 4.39 Å². The predicted octanol–water partition coefficient (Wildman–Crippen LogP) is 2.72. The topological polar surface area (TPSA) is 29.3 Å². The summed E-state index contributed by atoms with van der Waals surface area (Å²) >= 11 is 2.37. The van der Waals surface area contributed by atoms with Gasteiger partial charge in [0.15, 0.2) is 0 Å². The van der Waals surface area contributed by atoms with Crippen molar-refractivity contribution in [2.75, 3.05) is 17.5 Å². The minimum absolute atomic E-state index is 0.106. The van der Waals surface area contributed by atoms with Crippen LogP contribution in [-0.2, 0) is 0 Å². The highest BCUT2D eigenvalue weighted by Gasteiger charge is 2.28. The van der Waals surface area contributed by atoms with E-state index in [2.05, 4.69) is 27.5 Å². The first-order chi connectivity index (χ1) is 8.22. The minimum atomic E-state index is -0.106. The van der Waals surface area contributed by atoms with Crippen molar-refractivity contribution in [1.29, 1.82) is 0 Å². The molecule has 2 N–H and O–H groups in total. The number of alkyl halides is 1. The highest BCUT2D eigenvalue weighted by Crippen LogP contribution is 2.31. The Morgan fingerprint density at radius 3 is 2.88 bits per heavy atom. The van der Waals surface area contributed by atoms with Crippen LogP contribution < -0.4 is 5.73 Å². The van der Waals surface area contributed by atoms with Crippen LogP contribution in [0, 0.1) is 5.82 Å². The number of nitrogens with zero attached hydrogens (tertiary/aromatic N) is 1. The number of piperidine rings is 1. The maximum absolute atomic E-state index is 13.8. The number of hydrogen-bond acceptors (Lipinski definition) is 2. The van der Waals surface area contributed by atoms with Gasteiger partial charge < -0.3 is 5.73 Å². The van der Waals surface area contributed by atoms with Gasteiger partial charge in [-0.3, -0.25) is 4.90 Å². The van der Waals surface area contributed by atoms with Gasteiger partial charge in [0.2, 0.25) is 0 Å². The van der Waals surface area contributed by atoms with Gasteiger partial charge in [0.25, 0.3) is 0 Å². The molecule has 0 aliphatic carbocycles. The SMILES string of the molecule is N[C@@H]1CCN(CCI)[C@H](c2ccccc2F)C1. The van der Waals surface area contributed by atoms with Gasteiger partial charge >= 0.3 is 0 Å². The Labute approximate surface area is 116 Å². The molecule has 1 aromatic carbocycles. The van der Waals surface area contributed by atoms with E-state index in [1.165, 1.54) is 6.07 Å². The molecule has 1 aliphatic rings. The standard InChI is InChI=1S/C13H18FIN2/c14-12-4-2-1-3-11(12)13-9-10(16)5-7-17(13)8-6-15/h1-4,10,13H,5-9,16H2/t10-,13+/m1/s1. The molecule has 17 heavy (non-hydrogen) atoms. The zero-order chi connectivity index (χ0) is 12.3. The Kier molecular flexibility index (Phi) is 4.76. The second-order valence-electron chi connectivity index (χ2n) is 4.55. The van der Waals surface area contributed by atoms with Crippen molar-refractivity contribution in [2.24, 2.45) is 5.73 Å². The molecule has 0 saturated carbocycles. The highest BCUT2D eigenvalue weighted by atomic mass is 127. The number of benzene rings is 1. The molecule has 2 nitrogen and oxygen atoms in total. The van der Waals surface area contributed by atoms with E-state index in [-0.39, 0.29) is 17.9 Å².